The van der Waals surface area contributed by atoms with Crippen molar-refractivity contribution >= 4 is 48.3 Å². The average Bonchev–Trinajstić information content (AvgIpc) is 2.65. The number of rotatable bonds is 1. The molecule has 0 fully saturated rings. The molecule has 1 aromatic heterocycles. The summed E-state index contributed by atoms with van der Waals surface area (Å²) in [4.78, 5) is 4.70. The van der Waals surface area contributed by atoms with Crippen LogP contribution in [0.3, 0.4) is 0 Å². The number of pyridine rings is 1. The van der Waals surface area contributed by atoms with Crippen molar-refractivity contribution in [3.8, 4) is 22.8 Å². The third-order valence-corrected chi connectivity index (χ3v) is 5.65. The van der Waals surface area contributed by atoms with Gasteiger partial charge in [-0.2, -0.15) is 0 Å². The highest BCUT2D eigenvalue weighted by molar-refractivity contribution is 6.52. The number of ether oxygens (including phenoxy) is 1. The Labute approximate surface area is 174 Å². The van der Waals surface area contributed by atoms with E-state index in [-0.39, 0.29) is 5.41 Å². The summed E-state index contributed by atoms with van der Waals surface area (Å²) in [6.07, 6.45) is 0.917. The van der Waals surface area contributed by atoms with Crippen LogP contribution in [0.2, 0.25) is 0 Å². The largest absolute Gasteiger partial charge is 0.456 e. The number of aryl methyl sites for hydroxylation is 1. The molecule has 5 rings (SSSR count). The van der Waals surface area contributed by atoms with Crippen molar-refractivity contribution < 1.29 is 4.74 Å². The molecule has 29 heavy (non-hydrogen) atoms. The van der Waals surface area contributed by atoms with E-state index in [1.807, 2.05) is 6.07 Å². The van der Waals surface area contributed by atoms with Gasteiger partial charge in [0.2, 0.25) is 0 Å². The fraction of sp³-hybridized carbons (Fsp3) is 0.240. The van der Waals surface area contributed by atoms with E-state index in [2.05, 4.69) is 64.1 Å². The molecule has 0 atom stereocenters. The summed E-state index contributed by atoms with van der Waals surface area (Å²) in [5.74, 6) is 1.66. The summed E-state index contributed by atoms with van der Waals surface area (Å²) in [5.41, 5.74) is 5.14. The predicted molar refractivity (Wildman–Crippen MR) is 123 cm³/mol. The molecule has 0 spiro atoms. The van der Waals surface area contributed by atoms with E-state index in [9.17, 15) is 0 Å². The van der Waals surface area contributed by atoms with Gasteiger partial charge in [-0.05, 0) is 58.2 Å². The minimum atomic E-state index is 0.148. The van der Waals surface area contributed by atoms with Crippen LogP contribution in [-0.4, -0.2) is 20.7 Å². The molecule has 0 saturated carbocycles. The second kappa shape index (κ2) is 6.13. The SMILES string of the molecule is [B]c1nc2c3c(cc(CC(C)(C)C)cc3c1[B])Oc1c-2cc2ccccc2c1C. The Kier molecular flexibility index (Phi) is 3.87. The van der Waals surface area contributed by atoms with Crippen molar-refractivity contribution in [3.63, 3.8) is 0 Å². The minimum absolute atomic E-state index is 0.148. The van der Waals surface area contributed by atoms with Crippen molar-refractivity contribution in [1.82, 2.24) is 4.98 Å². The van der Waals surface area contributed by atoms with E-state index in [1.54, 1.807) is 0 Å². The molecule has 3 aromatic carbocycles. The van der Waals surface area contributed by atoms with Gasteiger partial charge in [0.1, 0.15) is 27.2 Å². The van der Waals surface area contributed by atoms with E-state index in [0.29, 0.717) is 11.1 Å². The molecular formula is C25H21B2NO. The zero-order valence-electron chi connectivity index (χ0n) is 17.3. The van der Waals surface area contributed by atoms with Crippen molar-refractivity contribution in [2.75, 3.05) is 0 Å². The molecule has 4 aromatic rings. The first-order chi connectivity index (χ1) is 13.7. The summed E-state index contributed by atoms with van der Waals surface area (Å²) >= 11 is 0. The molecule has 2 nitrogen and oxygen atoms in total. The van der Waals surface area contributed by atoms with Crippen LogP contribution in [0.25, 0.3) is 32.8 Å². The maximum atomic E-state index is 6.50. The first-order valence-electron chi connectivity index (χ1n) is 9.95. The highest BCUT2D eigenvalue weighted by Gasteiger charge is 2.26. The molecular weight excluding hydrogens is 352 g/mol. The van der Waals surface area contributed by atoms with Gasteiger partial charge in [-0.1, -0.05) is 56.6 Å². The molecule has 0 saturated heterocycles. The molecule has 1 aliphatic heterocycles. The summed E-state index contributed by atoms with van der Waals surface area (Å²) in [6.45, 7) is 8.78. The molecule has 0 amide bonds. The Hall–Kier alpha value is -2.74. The summed E-state index contributed by atoms with van der Waals surface area (Å²) in [7, 11) is 12.6. The lowest BCUT2D eigenvalue weighted by atomic mass is 9.78. The van der Waals surface area contributed by atoms with Crippen LogP contribution in [0, 0.1) is 12.3 Å². The van der Waals surface area contributed by atoms with Gasteiger partial charge < -0.3 is 4.74 Å². The topological polar surface area (TPSA) is 22.1 Å². The van der Waals surface area contributed by atoms with Gasteiger partial charge in [0.25, 0.3) is 0 Å². The van der Waals surface area contributed by atoms with E-state index in [4.69, 9.17) is 25.4 Å². The molecule has 0 unspecified atom stereocenters. The Bertz CT molecular complexity index is 1320. The number of hydrogen-bond acceptors (Lipinski definition) is 2. The van der Waals surface area contributed by atoms with Gasteiger partial charge in [0.05, 0.1) is 11.1 Å². The number of fused-ring (bicyclic) bond motifs is 3. The van der Waals surface area contributed by atoms with E-state index >= 15 is 0 Å². The molecule has 4 radical (unpaired) electrons. The van der Waals surface area contributed by atoms with Crippen LogP contribution in [0.5, 0.6) is 11.5 Å². The summed E-state index contributed by atoms with van der Waals surface area (Å²) in [6, 6.07) is 14.8. The van der Waals surface area contributed by atoms with Crippen LogP contribution >= 0.6 is 0 Å². The number of hydrogen-bond donors (Lipinski definition) is 0. The zero-order valence-corrected chi connectivity index (χ0v) is 17.3. The Morgan fingerprint density at radius 1 is 1.00 bits per heavy atom. The Morgan fingerprint density at radius 2 is 1.76 bits per heavy atom. The third kappa shape index (κ3) is 2.85. The molecule has 4 heteroatoms. The lowest BCUT2D eigenvalue weighted by Gasteiger charge is -2.26. The van der Waals surface area contributed by atoms with Crippen LogP contribution in [0.4, 0.5) is 0 Å². The predicted octanol–water partition coefficient (Wildman–Crippen LogP) is 4.65. The zero-order chi connectivity index (χ0) is 20.5. The maximum absolute atomic E-state index is 6.50. The molecule has 0 bridgehead atoms. The maximum Gasteiger partial charge on any atom is 0.140 e. The van der Waals surface area contributed by atoms with Gasteiger partial charge in [-0.25, -0.2) is 0 Å². The highest BCUT2D eigenvalue weighted by atomic mass is 16.5. The highest BCUT2D eigenvalue weighted by Crippen LogP contribution is 2.48. The van der Waals surface area contributed by atoms with Crippen LogP contribution < -0.4 is 15.8 Å². The second-order valence-electron chi connectivity index (χ2n) is 9.21. The quantitative estimate of drug-likeness (QED) is 0.400. The lowest BCUT2D eigenvalue weighted by Crippen LogP contribution is -2.31. The standard InChI is InChI=1S/C25H21B2NO/c1-13-16-8-6-5-7-15(16)11-18-22-20-17(21(26)24(27)28-22)9-14(12-25(2,3)4)10-19(20)29-23(13)18/h5-11H,12H2,1-4H3. The van der Waals surface area contributed by atoms with Crippen molar-refractivity contribution in [2.24, 2.45) is 5.41 Å². The normalized spacial score (nSPS) is 12.8. The molecule has 0 aliphatic carbocycles. The number of benzene rings is 3. The molecule has 1 aliphatic rings. The van der Waals surface area contributed by atoms with Crippen LogP contribution in [-0.2, 0) is 6.42 Å². The van der Waals surface area contributed by atoms with Crippen LogP contribution in [0.15, 0.2) is 42.5 Å². The number of aromatic nitrogens is 1. The van der Waals surface area contributed by atoms with Crippen LogP contribution in [0.1, 0.15) is 31.9 Å². The molecule has 138 valence electrons. The number of nitrogens with zero attached hydrogens (tertiary/aromatic N) is 1. The fourth-order valence-corrected chi connectivity index (χ4v) is 4.42. The minimum Gasteiger partial charge on any atom is -0.456 e. The lowest BCUT2D eigenvalue weighted by molar-refractivity contribution is 0.410. The summed E-state index contributed by atoms with van der Waals surface area (Å²) < 4.78 is 6.50. The van der Waals surface area contributed by atoms with Crippen molar-refractivity contribution in [2.45, 2.75) is 34.1 Å². The van der Waals surface area contributed by atoms with E-state index in [0.717, 1.165) is 50.9 Å². The Morgan fingerprint density at radius 3 is 2.52 bits per heavy atom. The second-order valence-corrected chi connectivity index (χ2v) is 9.21. The third-order valence-electron chi connectivity index (χ3n) is 5.65. The first-order valence-corrected chi connectivity index (χ1v) is 9.95. The Balaban J connectivity index is 1.87. The van der Waals surface area contributed by atoms with E-state index < -0.39 is 0 Å². The van der Waals surface area contributed by atoms with Crippen molar-refractivity contribution in [3.05, 3.63) is 53.6 Å². The summed E-state index contributed by atoms with van der Waals surface area (Å²) in [5, 5.41) is 4.20. The van der Waals surface area contributed by atoms with Gasteiger partial charge in [-0.3, -0.25) is 4.98 Å². The molecule has 0 N–H and O–H groups in total. The van der Waals surface area contributed by atoms with E-state index in [1.165, 1.54) is 10.9 Å². The smallest absolute Gasteiger partial charge is 0.140 e. The van der Waals surface area contributed by atoms with Gasteiger partial charge in [0, 0.05) is 11.1 Å². The first kappa shape index (κ1) is 18.3. The molecule has 2 heterocycles. The average molecular weight is 373 g/mol. The fourth-order valence-electron chi connectivity index (χ4n) is 4.42. The van der Waals surface area contributed by atoms with Gasteiger partial charge >= 0.3 is 0 Å². The van der Waals surface area contributed by atoms with Gasteiger partial charge in [-0.15, -0.1) is 0 Å². The monoisotopic (exact) mass is 373 g/mol. The van der Waals surface area contributed by atoms with Gasteiger partial charge in [0.15, 0.2) is 0 Å². The van der Waals surface area contributed by atoms with Crippen molar-refractivity contribution in [1.29, 1.82) is 0 Å².